The Bertz CT molecular complexity index is 467. The van der Waals surface area contributed by atoms with Gasteiger partial charge in [0.05, 0.1) is 13.2 Å². The standard InChI is InChI=1S/C15H20N2O2/c1-19-15-5-3-2-4-12(15)10-14(18)13-11-16-6-8-17(13)9-7-16/h2-5,13H,6-11H2,1H3. The lowest BCUT2D eigenvalue weighted by molar-refractivity contribution is -0.128. The van der Waals surface area contributed by atoms with Crippen molar-refractivity contribution in [2.75, 3.05) is 39.8 Å². The highest BCUT2D eigenvalue weighted by atomic mass is 16.5. The lowest BCUT2D eigenvalue weighted by atomic mass is 9.98. The van der Waals surface area contributed by atoms with Gasteiger partial charge in [-0.15, -0.1) is 0 Å². The van der Waals surface area contributed by atoms with Crippen molar-refractivity contribution in [2.45, 2.75) is 12.5 Å². The first-order valence-corrected chi connectivity index (χ1v) is 6.89. The van der Waals surface area contributed by atoms with Gasteiger partial charge in [0, 0.05) is 44.7 Å². The van der Waals surface area contributed by atoms with Gasteiger partial charge in [0.2, 0.25) is 0 Å². The molecule has 0 radical (unpaired) electrons. The van der Waals surface area contributed by atoms with E-state index in [0.717, 1.165) is 44.0 Å². The number of benzene rings is 1. The van der Waals surface area contributed by atoms with Crippen LogP contribution in [0.5, 0.6) is 5.75 Å². The minimum absolute atomic E-state index is 0.0763. The Kier molecular flexibility index (Phi) is 3.53. The van der Waals surface area contributed by atoms with E-state index in [2.05, 4.69) is 9.80 Å². The summed E-state index contributed by atoms with van der Waals surface area (Å²) in [6.07, 6.45) is 0.471. The summed E-state index contributed by atoms with van der Waals surface area (Å²) in [5.74, 6) is 1.13. The fourth-order valence-electron chi connectivity index (χ4n) is 3.08. The van der Waals surface area contributed by atoms with E-state index < -0.39 is 0 Å². The molecule has 0 spiro atoms. The Morgan fingerprint density at radius 1 is 1.26 bits per heavy atom. The van der Waals surface area contributed by atoms with Crippen molar-refractivity contribution >= 4 is 5.78 Å². The molecule has 4 heteroatoms. The first-order valence-electron chi connectivity index (χ1n) is 6.89. The summed E-state index contributed by atoms with van der Waals surface area (Å²) < 4.78 is 5.32. The zero-order valence-electron chi connectivity index (χ0n) is 11.3. The summed E-state index contributed by atoms with van der Waals surface area (Å²) in [4.78, 5) is 17.2. The number of hydrogen-bond acceptors (Lipinski definition) is 4. The smallest absolute Gasteiger partial charge is 0.155 e. The number of ether oxygens (including phenoxy) is 1. The molecule has 3 heterocycles. The van der Waals surface area contributed by atoms with Gasteiger partial charge in [0.15, 0.2) is 5.78 Å². The summed E-state index contributed by atoms with van der Waals surface area (Å²) in [6, 6.07) is 7.87. The molecule has 3 fully saturated rings. The highest BCUT2D eigenvalue weighted by Gasteiger charge is 2.35. The van der Waals surface area contributed by atoms with Crippen LogP contribution in [0.3, 0.4) is 0 Å². The minimum atomic E-state index is 0.0763. The van der Waals surface area contributed by atoms with E-state index in [0.29, 0.717) is 12.2 Å². The van der Waals surface area contributed by atoms with Crippen molar-refractivity contribution in [1.29, 1.82) is 0 Å². The van der Waals surface area contributed by atoms with Crippen molar-refractivity contribution in [3.05, 3.63) is 29.8 Å². The van der Waals surface area contributed by atoms with Crippen LogP contribution in [0.2, 0.25) is 0 Å². The molecule has 0 aliphatic carbocycles. The number of carbonyl (C=O) groups excluding carboxylic acids is 1. The number of Topliss-reactive ketones (excluding diaryl/α,β-unsaturated/α-hetero) is 1. The predicted octanol–water partition coefficient (Wildman–Crippen LogP) is 0.807. The molecule has 0 N–H and O–H groups in total. The van der Waals surface area contributed by atoms with Crippen LogP contribution in [-0.2, 0) is 11.2 Å². The third-order valence-corrected chi connectivity index (χ3v) is 4.21. The Balaban J connectivity index is 1.71. The Morgan fingerprint density at radius 3 is 2.63 bits per heavy atom. The topological polar surface area (TPSA) is 32.8 Å². The third-order valence-electron chi connectivity index (χ3n) is 4.21. The van der Waals surface area contributed by atoms with Crippen molar-refractivity contribution in [2.24, 2.45) is 0 Å². The number of methoxy groups -OCH3 is 1. The van der Waals surface area contributed by atoms with Crippen molar-refractivity contribution in [3.63, 3.8) is 0 Å². The van der Waals surface area contributed by atoms with Crippen LogP contribution in [-0.4, -0.2) is 61.5 Å². The van der Waals surface area contributed by atoms with Crippen molar-refractivity contribution in [1.82, 2.24) is 9.80 Å². The number of rotatable bonds is 4. The molecular formula is C15H20N2O2. The van der Waals surface area contributed by atoms with E-state index in [1.165, 1.54) is 0 Å². The second-order valence-corrected chi connectivity index (χ2v) is 5.31. The maximum atomic E-state index is 12.5. The molecule has 2 bridgehead atoms. The van der Waals surface area contributed by atoms with E-state index in [-0.39, 0.29) is 6.04 Å². The molecule has 4 nitrogen and oxygen atoms in total. The molecule has 0 amide bonds. The van der Waals surface area contributed by atoms with Gasteiger partial charge in [-0.05, 0) is 6.07 Å². The number of piperazine rings is 3. The van der Waals surface area contributed by atoms with Crippen LogP contribution < -0.4 is 4.74 Å². The van der Waals surface area contributed by atoms with Crippen LogP contribution in [0, 0.1) is 0 Å². The second kappa shape index (κ2) is 5.31. The molecule has 3 aliphatic rings. The lowest BCUT2D eigenvalue weighted by Crippen LogP contribution is -2.63. The summed E-state index contributed by atoms with van der Waals surface area (Å²) in [7, 11) is 1.65. The number of carbonyl (C=O) groups is 1. The average molecular weight is 260 g/mol. The van der Waals surface area contributed by atoms with Crippen molar-refractivity contribution in [3.8, 4) is 5.75 Å². The molecule has 1 aromatic carbocycles. The minimum Gasteiger partial charge on any atom is -0.496 e. The first kappa shape index (κ1) is 12.6. The fourth-order valence-corrected chi connectivity index (χ4v) is 3.08. The van der Waals surface area contributed by atoms with Crippen LogP contribution in [0.4, 0.5) is 0 Å². The van der Waals surface area contributed by atoms with Gasteiger partial charge in [0.25, 0.3) is 0 Å². The van der Waals surface area contributed by atoms with Crippen LogP contribution in [0.25, 0.3) is 0 Å². The number of para-hydroxylation sites is 1. The van der Waals surface area contributed by atoms with Gasteiger partial charge >= 0.3 is 0 Å². The molecule has 19 heavy (non-hydrogen) atoms. The second-order valence-electron chi connectivity index (χ2n) is 5.31. The van der Waals surface area contributed by atoms with Gasteiger partial charge in [-0.1, -0.05) is 18.2 Å². The molecule has 0 saturated carbocycles. The number of nitrogens with zero attached hydrogens (tertiary/aromatic N) is 2. The lowest BCUT2D eigenvalue weighted by Gasteiger charge is -2.46. The average Bonchev–Trinajstić information content (AvgIpc) is 2.49. The van der Waals surface area contributed by atoms with E-state index >= 15 is 0 Å². The Hall–Kier alpha value is -1.39. The monoisotopic (exact) mass is 260 g/mol. The van der Waals surface area contributed by atoms with Crippen LogP contribution >= 0.6 is 0 Å². The van der Waals surface area contributed by atoms with Crippen LogP contribution in [0.15, 0.2) is 24.3 Å². The first-order chi connectivity index (χ1) is 9.28. The van der Waals surface area contributed by atoms with E-state index in [1.807, 2.05) is 24.3 Å². The molecule has 3 aliphatic heterocycles. The summed E-state index contributed by atoms with van der Waals surface area (Å²) in [5, 5.41) is 0. The summed E-state index contributed by atoms with van der Waals surface area (Å²) in [5.41, 5.74) is 0.993. The van der Waals surface area contributed by atoms with Gasteiger partial charge in [-0.2, -0.15) is 0 Å². The summed E-state index contributed by atoms with van der Waals surface area (Å²) >= 11 is 0. The maximum Gasteiger partial charge on any atom is 0.155 e. The van der Waals surface area contributed by atoms with Gasteiger partial charge in [0.1, 0.15) is 5.75 Å². The highest BCUT2D eigenvalue weighted by Crippen LogP contribution is 2.22. The fraction of sp³-hybridized carbons (Fsp3) is 0.533. The maximum absolute atomic E-state index is 12.5. The van der Waals surface area contributed by atoms with Gasteiger partial charge in [-0.3, -0.25) is 14.6 Å². The van der Waals surface area contributed by atoms with E-state index in [1.54, 1.807) is 7.11 Å². The normalized spacial score (nSPS) is 29.2. The molecule has 1 atom stereocenters. The predicted molar refractivity (Wildman–Crippen MR) is 73.5 cm³/mol. The Labute approximate surface area is 113 Å². The SMILES string of the molecule is COc1ccccc1CC(=O)C1CN2CCN1CC2. The Morgan fingerprint density at radius 2 is 2.00 bits per heavy atom. The zero-order valence-corrected chi connectivity index (χ0v) is 11.3. The molecule has 102 valence electrons. The molecule has 3 saturated heterocycles. The third kappa shape index (κ3) is 2.51. The van der Waals surface area contributed by atoms with Crippen molar-refractivity contribution < 1.29 is 9.53 Å². The molecule has 4 rings (SSSR count). The number of hydrogen-bond donors (Lipinski definition) is 0. The number of ketones is 1. The largest absolute Gasteiger partial charge is 0.496 e. The molecule has 1 aromatic rings. The van der Waals surface area contributed by atoms with Gasteiger partial charge < -0.3 is 4.74 Å². The molecular weight excluding hydrogens is 240 g/mol. The van der Waals surface area contributed by atoms with Crippen LogP contribution in [0.1, 0.15) is 5.56 Å². The van der Waals surface area contributed by atoms with E-state index in [9.17, 15) is 4.79 Å². The van der Waals surface area contributed by atoms with Gasteiger partial charge in [-0.25, -0.2) is 0 Å². The molecule has 0 aromatic heterocycles. The molecule has 1 unspecified atom stereocenters. The highest BCUT2D eigenvalue weighted by molar-refractivity contribution is 5.87. The number of fused-ring (bicyclic) bond motifs is 3. The summed E-state index contributed by atoms with van der Waals surface area (Å²) in [6.45, 7) is 5.18. The van der Waals surface area contributed by atoms with E-state index in [4.69, 9.17) is 4.74 Å². The zero-order chi connectivity index (χ0) is 13.2. The quantitative estimate of drug-likeness (QED) is 0.802.